The Kier molecular flexibility index (Phi) is 3.62. The van der Waals surface area contributed by atoms with Crippen molar-refractivity contribution in [3.63, 3.8) is 0 Å². The molecule has 3 rings (SSSR count). The lowest BCUT2D eigenvalue weighted by Crippen LogP contribution is -2.45. The highest BCUT2D eigenvalue weighted by Crippen LogP contribution is 2.16. The van der Waals surface area contributed by atoms with Gasteiger partial charge in [-0.1, -0.05) is 6.07 Å². The Labute approximate surface area is 123 Å². The molecular formula is C15H19N5O. The lowest BCUT2D eigenvalue weighted by Gasteiger charge is -2.31. The Hall–Kier alpha value is -2.34. The minimum atomic E-state index is -0.211. The zero-order valence-corrected chi connectivity index (χ0v) is 12.0. The van der Waals surface area contributed by atoms with Crippen molar-refractivity contribution in [1.29, 1.82) is 0 Å². The molecule has 1 unspecified atom stereocenters. The highest BCUT2D eigenvalue weighted by Gasteiger charge is 2.25. The summed E-state index contributed by atoms with van der Waals surface area (Å²) in [5, 5.41) is 2.91. The number of nitrogens with zero attached hydrogens (tertiary/aromatic N) is 3. The molecule has 0 saturated heterocycles. The van der Waals surface area contributed by atoms with Gasteiger partial charge in [-0.3, -0.25) is 9.69 Å². The average molecular weight is 285 g/mol. The van der Waals surface area contributed by atoms with Gasteiger partial charge in [0.25, 0.3) is 0 Å². The summed E-state index contributed by atoms with van der Waals surface area (Å²) in [6, 6.07) is 7.01. The number of hydrogen-bond donors (Lipinski definition) is 2. The molecule has 1 aromatic heterocycles. The van der Waals surface area contributed by atoms with Crippen LogP contribution >= 0.6 is 0 Å². The van der Waals surface area contributed by atoms with Crippen molar-refractivity contribution in [3.8, 4) is 0 Å². The molecule has 1 atom stereocenters. The maximum atomic E-state index is 12.4. The molecule has 0 saturated carbocycles. The molecular weight excluding hydrogens is 266 g/mol. The van der Waals surface area contributed by atoms with E-state index in [4.69, 9.17) is 5.73 Å². The van der Waals surface area contributed by atoms with Gasteiger partial charge in [0.15, 0.2) is 0 Å². The van der Waals surface area contributed by atoms with E-state index < -0.39 is 0 Å². The van der Waals surface area contributed by atoms with E-state index in [1.165, 1.54) is 0 Å². The van der Waals surface area contributed by atoms with Crippen LogP contribution in [0.2, 0.25) is 0 Å². The predicted octanol–water partition coefficient (Wildman–Crippen LogP) is 1.31. The van der Waals surface area contributed by atoms with Crippen LogP contribution in [-0.4, -0.2) is 32.9 Å². The van der Waals surface area contributed by atoms with Crippen LogP contribution in [0.15, 0.2) is 36.7 Å². The van der Waals surface area contributed by atoms with Gasteiger partial charge >= 0.3 is 0 Å². The first kappa shape index (κ1) is 13.6. The van der Waals surface area contributed by atoms with Gasteiger partial charge in [-0.25, -0.2) is 4.98 Å². The standard InChI is InChI=1S/C15H19N5O/c1-11(15(21)18-13-4-2-3-12(16)9-13)20-8-7-19-6-5-17-14(19)10-20/h2-6,9,11H,7-8,10,16H2,1H3,(H,18,21). The SMILES string of the molecule is CC(C(=O)Nc1cccc(N)c1)N1CCn2ccnc2C1. The van der Waals surface area contributed by atoms with Crippen molar-refractivity contribution >= 4 is 17.3 Å². The fourth-order valence-electron chi connectivity index (χ4n) is 2.55. The van der Waals surface area contributed by atoms with Crippen LogP contribution in [0.4, 0.5) is 11.4 Å². The van der Waals surface area contributed by atoms with E-state index in [0.717, 1.165) is 24.6 Å². The molecule has 1 amide bonds. The summed E-state index contributed by atoms with van der Waals surface area (Å²) in [5.74, 6) is 0.977. The van der Waals surface area contributed by atoms with Gasteiger partial charge in [0, 0.05) is 36.9 Å². The molecule has 0 radical (unpaired) electrons. The zero-order chi connectivity index (χ0) is 14.8. The number of imidazole rings is 1. The van der Waals surface area contributed by atoms with Crippen molar-refractivity contribution in [1.82, 2.24) is 14.5 Å². The van der Waals surface area contributed by atoms with Gasteiger partial charge in [0.05, 0.1) is 12.6 Å². The molecule has 3 N–H and O–H groups in total. The molecule has 110 valence electrons. The minimum Gasteiger partial charge on any atom is -0.399 e. The van der Waals surface area contributed by atoms with Crippen LogP contribution in [0.25, 0.3) is 0 Å². The third-order valence-electron chi connectivity index (χ3n) is 3.86. The van der Waals surface area contributed by atoms with Gasteiger partial charge in [0.2, 0.25) is 5.91 Å². The molecule has 1 aromatic carbocycles. The molecule has 0 spiro atoms. The summed E-state index contributed by atoms with van der Waals surface area (Å²) in [7, 11) is 0. The fourth-order valence-corrected chi connectivity index (χ4v) is 2.55. The molecule has 1 aliphatic heterocycles. The van der Waals surface area contributed by atoms with Crippen molar-refractivity contribution in [2.45, 2.75) is 26.1 Å². The number of nitrogens with two attached hydrogens (primary N) is 1. The quantitative estimate of drug-likeness (QED) is 0.834. The first-order chi connectivity index (χ1) is 10.1. The number of benzene rings is 1. The molecule has 21 heavy (non-hydrogen) atoms. The maximum absolute atomic E-state index is 12.4. The van der Waals surface area contributed by atoms with E-state index in [0.29, 0.717) is 12.2 Å². The smallest absolute Gasteiger partial charge is 0.241 e. The number of nitrogen functional groups attached to an aromatic ring is 1. The summed E-state index contributed by atoms with van der Waals surface area (Å²) in [6.45, 7) is 4.32. The molecule has 0 fully saturated rings. The van der Waals surface area contributed by atoms with E-state index in [2.05, 4.69) is 19.8 Å². The van der Waals surface area contributed by atoms with Crippen molar-refractivity contribution in [2.24, 2.45) is 0 Å². The number of nitrogens with one attached hydrogen (secondary N) is 1. The van der Waals surface area contributed by atoms with Crippen molar-refractivity contribution < 1.29 is 4.79 Å². The van der Waals surface area contributed by atoms with E-state index in [1.807, 2.05) is 25.3 Å². The average Bonchev–Trinajstić information content (AvgIpc) is 2.93. The second-order valence-corrected chi connectivity index (χ2v) is 5.30. The summed E-state index contributed by atoms with van der Waals surface area (Å²) in [6.07, 6.45) is 3.78. The summed E-state index contributed by atoms with van der Waals surface area (Å²) in [4.78, 5) is 18.8. The molecule has 0 aliphatic carbocycles. The van der Waals surface area contributed by atoms with E-state index in [1.54, 1.807) is 18.3 Å². The second-order valence-electron chi connectivity index (χ2n) is 5.30. The number of aromatic nitrogens is 2. The molecule has 0 bridgehead atoms. The molecule has 1 aliphatic rings. The summed E-state index contributed by atoms with van der Waals surface area (Å²) >= 11 is 0. The van der Waals surface area contributed by atoms with Gasteiger partial charge in [-0.2, -0.15) is 0 Å². The van der Waals surface area contributed by atoms with Crippen LogP contribution in [-0.2, 0) is 17.9 Å². The molecule has 6 nitrogen and oxygen atoms in total. The first-order valence-corrected chi connectivity index (χ1v) is 7.04. The van der Waals surface area contributed by atoms with Gasteiger partial charge in [-0.15, -0.1) is 0 Å². The first-order valence-electron chi connectivity index (χ1n) is 7.04. The lowest BCUT2D eigenvalue weighted by atomic mass is 10.2. The highest BCUT2D eigenvalue weighted by molar-refractivity contribution is 5.94. The summed E-state index contributed by atoms with van der Waals surface area (Å²) < 4.78 is 2.12. The van der Waals surface area contributed by atoms with Crippen molar-refractivity contribution in [3.05, 3.63) is 42.5 Å². The Morgan fingerprint density at radius 1 is 1.43 bits per heavy atom. The maximum Gasteiger partial charge on any atom is 0.241 e. The Morgan fingerprint density at radius 2 is 2.29 bits per heavy atom. The van der Waals surface area contributed by atoms with Gasteiger partial charge < -0.3 is 15.6 Å². The van der Waals surface area contributed by atoms with Crippen LogP contribution in [0.5, 0.6) is 0 Å². The van der Waals surface area contributed by atoms with E-state index >= 15 is 0 Å². The summed E-state index contributed by atoms with van der Waals surface area (Å²) in [5.41, 5.74) is 7.09. The number of amides is 1. The predicted molar refractivity (Wildman–Crippen MR) is 81.6 cm³/mol. The number of fused-ring (bicyclic) bond motifs is 1. The third-order valence-corrected chi connectivity index (χ3v) is 3.86. The largest absolute Gasteiger partial charge is 0.399 e. The van der Waals surface area contributed by atoms with Crippen molar-refractivity contribution in [2.75, 3.05) is 17.6 Å². The number of carbonyl (C=O) groups is 1. The Morgan fingerprint density at radius 3 is 3.10 bits per heavy atom. The monoisotopic (exact) mass is 285 g/mol. The number of anilines is 2. The van der Waals surface area contributed by atoms with Gasteiger partial charge in [-0.05, 0) is 25.1 Å². The fraction of sp³-hybridized carbons (Fsp3) is 0.333. The molecule has 2 heterocycles. The lowest BCUT2D eigenvalue weighted by molar-refractivity contribution is -0.121. The van der Waals surface area contributed by atoms with Crippen LogP contribution in [0, 0.1) is 0 Å². The highest BCUT2D eigenvalue weighted by atomic mass is 16.2. The van der Waals surface area contributed by atoms with Crippen LogP contribution in [0.3, 0.4) is 0 Å². The third kappa shape index (κ3) is 2.90. The van der Waals surface area contributed by atoms with Crippen LogP contribution < -0.4 is 11.1 Å². The number of hydrogen-bond acceptors (Lipinski definition) is 4. The molecule has 6 heteroatoms. The van der Waals surface area contributed by atoms with E-state index in [-0.39, 0.29) is 11.9 Å². The second kappa shape index (κ2) is 5.57. The minimum absolute atomic E-state index is 0.0272. The normalized spacial score (nSPS) is 16.2. The zero-order valence-electron chi connectivity index (χ0n) is 12.0. The molecule has 2 aromatic rings. The number of rotatable bonds is 3. The van der Waals surface area contributed by atoms with Gasteiger partial charge in [0.1, 0.15) is 5.82 Å². The Balaban J connectivity index is 1.65. The van der Waals surface area contributed by atoms with E-state index in [9.17, 15) is 4.79 Å². The number of carbonyl (C=O) groups excluding carboxylic acids is 1. The van der Waals surface area contributed by atoms with Crippen LogP contribution in [0.1, 0.15) is 12.7 Å². The topological polar surface area (TPSA) is 76.2 Å². The Bertz CT molecular complexity index is 651.